The van der Waals surface area contributed by atoms with Crippen molar-refractivity contribution in [3.8, 4) is 0 Å². The monoisotopic (exact) mass is 484 g/mol. The first-order chi connectivity index (χ1) is 15.9. The normalized spacial score (nSPS) is 11.2. The summed E-state index contributed by atoms with van der Waals surface area (Å²) < 4.78 is 24.5. The lowest BCUT2D eigenvalue weighted by atomic mass is 10.1. The van der Waals surface area contributed by atoms with E-state index in [1.54, 1.807) is 47.7 Å². The molecule has 0 fully saturated rings. The average molecular weight is 485 g/mol. The van der Waals surface area contributed by atoms with Crippen LogP contribution in [0.2, 0.25) is 0 Å². The third-order valence-electron chi connectivity index (χ3n) is 4.96. The summed E-state index contributed by atoms with van der Waals surface area (Å²) in [6.45, 7) is 0.256. The highest BCUT2D eigenvalue weighted by Crippen LogP contribution is 2.14. The van der Waals surface area contributed by atoms with Crippen molar-refractivity contribution in [1.29, 1.82) is 0 Å². The fourth-order valence-electron chi connectivity index (χ4n) is 3.34. The Morgan fingerprint density at radius 3 is 2.48 bits per heavy atom. The highest BCUT2D eigenvalue weighted by Gasteiger charge is 2.13. The van der Waals surface area contributed by atoms with Crippen LogP contribution in [-0.2, 0) is 26.8 Å². The Hall–Kier alpha value is -2.97. The fraction of sp³-hybridized carbons (Fsp3) is 0.280. The number of hydrogen-bond acceptors (Lipinski definition) is 5. The first-order valence-corrected chi connectivity index (χ1v) is 13.6. The largest absolute Gasteiger partial charge is 0.352 e. The molecule has 1 heterocycles. The van der Waals surface area contributed by atoms with Crippen molar-refractivity contribution >= 4 is 38.7 Å². The Labute approximate surface area is 199 Å². The predicted octanol–water partition coefficient (Wildman–Crippen LogP) is 4.44. The van der Waals surface area contributed by atoms with Gasteiger partial charge < -0.3 is 10.6 Å². The minimum absolute atomic E-state index is 0.00312. The third kappa shape index (κ3) is 8.82. The summed E-state index contributed by atoms with van der Waals surface area (Å²) in [5, 5.41) is 7.61. The van der Waals surface area contributed by atoms with Crippen molar-refractivity contribution < 1.29 is 18.0 Å². The third-order valence-corrected chi connectivity index (χ3v) is 7.58. The van der Waals surface area contributed by atoms with E-state index in [9.17, 15) is 18.0 Å². The Morgan fingerprint density at radius 1 is 0.909 bits per heavy atom. The van der Waals surface area contributed by atoms with Gasteiger partial charge in [-0.15, -0.1) is 11.3 Å². The smallest absolute Gasteiger partial charge is 0.251 e. The summed E-state index contributed by atoms with van der Waals surface area (Å²) in [6, 6.07) is 19.8. The molecule has 2 N–H and O–H groups in total. The van der Waals surface area contributed by atoms with Crippen LogP contribution in [0.5, 0.6) is 0 Å². The molecule has 33 heavy (non-hydrogen) atoms. The van der Waals surface area contributed by atoms with E-state index in [2.05, 4.69) is 16.7 Å². The summed E-state index contributed by atoms with van der Waals surface area (Å²) in [6.07, 6.45) is 2.38. The molecule has 0 aliphatic heterocycles. The number of nitrogens with one attached hydrogen (secondary N) is 2. The van der Waals surface area contributed by atoms with Crippen LogP contribution in [-0.4, -0.2) is 32.5 Å². The number of hydrogen-bond donors (Lipinski definition) is 2. The second-order valence-corrected chi connectivity index (χ2v) is 11.0. The van der Waals surface area contributed by atoms with Gasteiger partial charge in [-0.05, 0) is 54.5 Å². The van der Waals surface area contributed by atoms with Crippen LogP contribution in [0.15, 0.2) is 72.1 Å². The van der Waals surface area contributed by atoms with Crippen LogP contribution in [0.4, 0.5) is 5.69 Å². The van der Waals surface area contributed by atoms with Crippen molar-refractivity contribution in [1.82, 2.24) is 5.32 Å². The summed E-state index contributed by atoms with van der Waals surface area (Å²) in [7, 11) is -3.24. The van der Waals surface area contributed by atoms with E-state index in [4.69, 9.17) is 0 Å². The zero-order chi connectivity index (χ0) is 23.5. The van der Waals surface area contributed by atoms with Gasteiger partial charge in [-0.1, -0.05) is 42.5 Å². The van der Waals surface area contributed by atoms with Gasteiger partial charge >= 0.3 is 0 Å². The van der Waals surface area contributed by atoms with Crippen LogP contribution in [0, 0.1) is 0 Å². The minimum atomic E-state index is -3.24. The molecule has 6 nitrogen and oxygen atoms in total. The molecule has 1 aromatic heterocycles. The standard InChI is InChI=1S/C25H28N2O4S2/c28-24(14-5-12-23-13-6-16-32-23)27-22-11-4-10-21(18-22)25(29)26-15-7-17-33(30,31)19-20-8-2-1-3-9-20/h1-4,6,8-11,13,16,18H,5,7,12,14-15,17,19H2,(H,26,29)(H,27,28). The van der Waals surface area contributed by atoms with E-state index in [1.807, 2.05) is 29.6 Å². The van der Waals surface area contributed by atoms with Crippen LogP contribution in [0.1, 0.15) is 40.1 Å². The molecule has 0 aliphatic carbocycles. The minimum Gasteiger partial charge on any atom is -0.352 e. The zero-order valence-electron chi connectivity index (χ0n) is 18.3. The number of carbonyl (C=O) groups is 2. The first kappa shape index (κ1) is 24.7. The molecule has 0 saturated carbocycles. The Morgan fingerprint density at radius 2 is 1.73 bits per heavy atom. The topological polar surface area (TPSA) is 92.3 Å². The van der Waals surface area contributed by atoms with E-state index < -0.39 is 9.84 Å². The van der Waals surface area contributed by atoms with Crippen molar-refractivity contribution in [3.63, 3.8) is 0 Å². The van der Waals surface area contributed by atoms with Crippen LogP contribution in [0.25, 0.3) is 0 Å². The number of rotatable bonds is 12. The van der Waals surface area contributed by atoms with Crippen molar-refractivity contribution in [2.75, 3.05) is 17.6 Å². The van der Waals surface area contributed by atoms with E-state index >= 15 is 0 Å². The summed E-state index contributed by atoms with van der Waals surface area (Å²) in [5.74, 6) is -0.391. The van der Waals surface area contributed by atoms with Gasteiger partial charge in [0.15, 0.2) is 9.84 Å². The zero-order valence-corrected chi connectivity index (χ0v) is 20.0. The maximum atomic E-state index is 12.4. The van der Waals surface area contributed by atoms with Gasteiger partial charge in [0.05, 0.1) is 11.5 Å². The first-order valence-electron chi connectivity index (χ1n) is 10.9. The molecule has 0 saturated heterocycles. The van der Waals surface area contributed by atoms with Crippen LogP contribution >= 0.6 is 11.3 Å². The van der Waals surface area contributed by atoms with Gasteiger partial charge in [0, 0.05) is 29.1 Å². The molecule has 0 atom stereocenters. The highest BCUT2D eigenvalue weighted by atomic mass is 32.2. The maximum absolute atomic E-state index is 12.4. The van der Waals surface area contributed by atoms with Gasteiger partial charge in [0.1, 0.15) is 0 Å². The van der Waals surface area contributed by atoms with E-state index in [0.29, 0.717) is 24.1 Å². The fourth-order valence-corrected chi connectivity index (χ4v) is 5.52. The van der Waals surface area contributed by atoms with E-state index in [1.165, 1.54) is 4.88 Å². The van der Waals surface area contributed by atoms with Gasteiger partial charge in [-0.3, -0.25) is 9.59 Å². The number of aryl methyl sites for hydroxylation is 1. The molecule has 174 valence electrons. The lowest BCUT2D eigenvalue weighted by Gasteiger charge is -2.09. The van der Waals surface area contributed by atoms with Gasteiger partial charge in [0.2, 0.25) is 5.91 Å². The maximum Gasteiger partial charge on any atom is 0.251 e. The summed E-state index contributed by atoms with van der Waals surface area (Å²) in [5.41, 5.74) is 1.74. The van der Waals surface area contributed by atoms with Gasteiger partial charge in [-0.25, -0.2) is 8.42 Å². The van der Waals surface area contributed by atoms with Gasteiger partial charge in [-0.2, -0.15) is 0 Å². The molecule has 8 heteroatoms. The number of thiophene rings is 1. The van der Waals surface area contributed by atoms with Crippen molar-refractivity contribution in [2.24, 2.45) is 0 Å². The Kier molecular flexibility index (Phi) is 9.21. The highest BCUT2D eigenvalue weighted by molar-refractivity contribution is 7.90. The molecule has 0 aliphatic rings. The summed E-state index contributed by atoms with van der Waals surface area (Å²) >= 11 is 1.68. The molecule has 3 aromatic rings. The Balaban J connectivity index is 1.40. The molecule has 0 unspecified atom stereocenters. The van der Waals surface area contributed by atoms with E-state index in [0.717, 1.165) is 18.4 Å². The molecular weight excluding hydrogens is 456 g/mol. The summed E-state index contributed by atoms with van der Waals surface area (Å²) in [4.78, 5) is 25.9. The molecule has 0 bridgehead atoms. The van der Waals surface area contributed by atoms with Crippen molar-refractivity contribution in [2.45, 2.75) is 31.4 Å². The number of sulfone groups is 1. The lowest BCUT2D eigenvalue weighted by Crippen LogP contribution is -2.26. The molecule has 2 aromatic carbocycles. The predicted molar refractivity (Wildman–Crippen MR) is 133 cm³/mol. The van der Waals surface area contributed by atoms with Crippen LogP contribution < -0.4 is 10.6 Å². The average Bonchev–Trinajstić information content (AvgIpc) is 3.31. The van der Waals surface area contributed by atoms with Gasteiger partial charge in [0.25, 0.3) is 5.91 Å². The second kappa shape index (κ2) is 12.3. The number of benzene rings is 2. The number of amides is 2. The number of carbonyl (C=O) groups excluding carboxylic acids is 2. The second-order valence-electron chi connectivity index (χ2n) is 7.75. The van der Waals surface area contributed by atoms with E-state index in [-0.39, 0.29) is 29.9 Å². The quantitative estimate of drug-likeness (QED) is 0.372. The molecule has 0 radical (unpaired) electrons. The molecule has 3 rings (SSSR count). The SMILES string of the molecule is O=C(CCCc1cccs1)Nc1cccc(C(=O)NCCCS(=O)(=O)Cc2ccccc2)c1. The van der Waals surface area contributed by atoms with Crippen LogP contribution in [0.3, 0.4) is 0 Å². The molecule has 0 spiro atoms. The van der Waals surface area contributed by atoms with Crippen molar-refractivity contribution in [3.05, 3.63) is 88.1 Å². The molecular formula is C25H28N2O4S2. The Bertz CT molecular complexity index is 1140. The molecule has 2 amide bonds. The number of anilines is 1. The lowest BCUT2D eigenvalue weighted by molar-refractivity contribution is -0.116.